The minimum absolute atomic E-state index is 0.0519. The van der Waals surface area contributed by atoms with E-state index in [0.29, 0.717) is 11.6 Å². The highest BCUT2D eigenvalue weighted by atomic mass is 16.5. The second-order valence-corrected chi connectivity index (χ2v) is 6.05. The van der Waals surface area contributed by atoms with Crippen molar-refractivity contribution in [2.75, 3.05) is 6.61 Å². The molecule has 20 heavy (non-hydrogen) atoms. The molecule has 2 atom stereocenters. The summed E-state index contributed by atoms with van der Waals surface area (Å²) < 4.78 is 5.22. The molecule has 1 heterocycles. The first-order valence-electron chi connectivity index (χ1n) is 7.66. The van der Waals surface area contributed by atoms with Gasteiger partial charge in [0.25, 0.3) is 5.91 Å². The lowest BCUT2D eigenvalue weighted by Crippen LogP contribution is -2.41. The molecule has 1 amide bonds. The number of carbonyl (C=O) groups is 1. The van der Waals surface area contributed by atoms with Crippen LogP contribution in [0, 0.1) is 5.92 Å². The summed E-state index contributed by atoms with van der Waals surface area (Å²) in [5.41, 5.74) is 0.368. The number of aliphatic hydroxyl groups is 1. The van der Waals surface area contributed by atoms with Crippen molar-refractivity contribution in [1.29, 1.82) is 0 Å². The topological polar surface area (TPSA) is 75.4 Å². The number of rotatable bonds is 4. The highest BCUT2D eigenvalue weighted by Crippen LogP contribution is 2.40. The first-order valence-corrected chi connectivity index (χ1v) is 7.66. The molecule has 2 N–H and O–H groups in total. The van der Waals surface area contributed by atoms with Crippen molar-refractivity contribution in [1.82, 2.24) is 10.5 Å². The molecule has 2 saturated carbocycles. The molecular weight excluding hydrogens is 256 g/mol. The minimum Gasteiger partial charge on any atom is -0.396 e. The molecule has 0 spiro atoms. The van der Waals surface area contributed by atoms with E-state index in [1.54, 1.807) is 6.07 Å². The third-order valence-electron chi connectivity index (χ3n) is 4.45. The zero-order valence-corrected chi connectivity index (χ0v) is 11.7. The zero-order valence-electron chi connectivity index (χ0n) is 11.7. The van der Waals surface area contributed by atoms with Gasteiger partial charge in [0.2, 0.25) is 0 Å². The summed E-state index contributed by atoms with van der Waals surface area (Å²) in [4.78, 5) is 12.2. The Balaban J connectivity index is 1.63. The molecular formula is C15H22N2O3. The van der Waals surface area contributed by atoms with Crippen molar-refractivity contribution in [3.63, 3.8) is 0 Å². The summed E-state index contributed by atoms with van der Waals surface area (Å²) in [6.07, 6.45) is 7.59. The van der Waals surface area contributed by atoms with Crippen LogP contribution in [0.15, 0.2) is 10.6 Å². The van der Waals surface area contributed by atoms with Crippen molar-refractivity contribution in [2.24, 2.45) is 5.92 Å². The van der Waals surface area contributed by atoms with E-state index in [4.69, 9.17) is 4.52 Å². The number of carbonyl (C=O) groups excluding carboxylic acids is 1. The molecule has 1 aromatic rings. The van der Waals surface area contributed by atoms with Crippen molar-refractivity contribution < 1.29 is 14.4 Å². The molecule has 0 radical (unpaired) electrons. The number of nitrogens with zero attached hydrogens (tertiary/aromatic N) is 1. The van der Waals surface area contributed by atoms with E-state index in [-0.39, 0.29) is 24.5 Å². The van der Waals surface area contributed by atoms with Crippen LogP contribution in [0.3, 0.4) is 0 Å². The molecule has 3 rings (SSSR count). The molecule has 110 valence electrons. The van der Waals surface area contributed by atoms with Gasteiger partial charge in [-0.25, -0.2) is 0 Å². The SMILES string of the molecule is O=C(N[C@H]1CCCCC[C@H]1CO)c1cc(C2CC2)on1. The summed E-state index contributed by atoms with van der Waals surface area (Å²) in [7, 11) is 0. The van der Waals surface area contributed by atoms with E-state index < -0.39 is 0 Å². The van der Waals surface area contributed by atoms with Gasteiger partial charge in [-0.2, -0.15) is 0 Å². The maximum atomic E-state index is 12.2. The molecule has 0 saturated heterocycles. The normalized spacial score (nSPS) is 27.1. The average Bonchev–Trinajstić information content (AvgIpc) is 3.23. The highest BCUT2D eigenvalue weighted by Gasteiger charge is 2.30. The van der Waals surface area contributed by atoms with Crippen molar-refractivity contribution >= 4 is 5.91 Å². The third kappa shape index (κ3) is 3.03. The van der Waals surface area contributed by atoms with Crippen LogP contribution in [0.5, 0.6) is 0 Å². The molecule has 0 aliphatic heterocycles. The Hall–Kier alpha value is -1.36. The Morgan fingerprint density at radius 1 is 1.30 bits per heavy atom. The number of hydrogen-bond acceptors (Lipinski definition) is 4. The van der Waals surface area contributed by atoms with Crippen LogP contribution in [-0.2, 0) is 0 Å². The first kappa shape index (κ1) is 13.6. The summed E-state index contributed by atoms with van der Waals surface area (Å²) in [5.74, 6) is 1.28. The fourth-order valence-corrected chi connectivity index (χ4v) is 2.99. The van der Waals surface area contributed by atoms with Gasteiger partial charge in [-0.15, -0.1) is 0 Å². The number of nitrogens with one attached hydrogen (secondary N) is 1. The standard InChI is InChI=1S/C15H22N2O3/c18-9-11-4-2-1-3-5-12(11)16-15(19)13-8-14(20-17-13)10-6-7-10/h8,10-12,18H,1-7,9H2,(H,16,19)/t11-,12-/m0/s1. The monoisotopic (exact) mass is 278 g/mol. The second-order valence-electron chi connectivity index (χ2n) is 6.05. The molecule has 5 nitrogen and oxygen atoms in total. The van der Waals surface area contributed by atoms with E-state index in [0.717, 1.165) is 44.3 Å². The predicted octanol–water partition coefficient (Wildman–Crippen LogP) is 2.22. The first-order chi connectivity index (χ1) is 9.78. The van der Waals surface area contributed by atoms with Gasteiger partial charge in [0.15, 0.2) is 5.69 Å². The zero-order chi connectivity index (χ0) is 13.9. The molecule has 2 fully saturated rings. The summed E-state index contributed by atoms with van der Waals surface area (Å²) in [6.45, 7) is 0.136. The largest absolute Gasteiger partial charge is 0.396 e. The Kier molecular flexibility index (Phi) is 4.05. The summed E-state index contributed by atoms with van der Waals surface area (Å²) >= 11 is 0. The van der Waals surface area contributed by atoms with Gasteiger partial charge in [-0.05, 0) is 25.7 Å². The van der Waals surface area contributed by atoms with Crippen molar-refractivity contribution in [3.8, 4) is 0 Å². The Morgan fingerprint density at radius 3 is 2.85 bits per heavy atom. The van der Waals surface area contributed by atoms with Gasteiger partial charge in [0.05, 0.1) is 0 Å². The molecule has 0 bridgehead atoms. The third-order valence-corrected chi connectivity index (χ3v) is 4.45. The lowest BCUT2D eigenvalue weighted by Gasteiger charge is -2.23. The predicted molar refractivity (Wildman–Crippen MR) is 73.4 cm³/mol. The van der Waals surface area contributed by atoms with Crippen molar-refractivity contribution in [2.45, 2.75) is 56.9 Å². The van der Waals surface area contributed by atoms with Crippen LogP contribution in [-0.4, -0.2) is 28.8 Å². The van der Waals surface area contributed by atoms with Crippen LogP contribution >= 0.6 is 0 Å². The molecule has 0 aromatic carbocycles. The fraction of sp³-hybridized carbons (Fsp3) is 0.733. The van der Waals surface area contributed by atoms with Gasteiger partial charge in [0, 0.05) is 30.6 Å². The lowest BCUT2D eigenvalue weighted by atomic mass is 9.95. The van der Waals surface area contributed by atoms with Gasteiger partial charge in [0.1, 0.15) is 5.76 Å². The van der Waals surface area contributed by atoms with Gasteiger partial charge in [-0.3, -0.25) is 4.79 Å². The quantitative estimate of drug-likeness (QED) is 0.828. The smallest absolute Gasteiger partial charge is 0.273 e. The van der Waals surface area contributed by atoms with Gasteiger partial charge >= 0.3 is 0 Å². The van der Waals surface area contributed by atoms with E-state index >= 15 is 0 Å². The van der Waals surface area contributed by atoms with Gasteiger partial charge in [-0.1, -0.05) is 24.4 Å². The van der Waals surface area contributed by atoms with E-state index in [9.17, 15) is 9.90 Å². The van der Waals surface area contributed by atoms with E-state index in [1.807, 2.05) is 0 Å². The number of aliphatic hydroxyl groups excluding tert-OH is 1. The fourth-order valence-electron chi connectivity index (χ4n) is 2.99. The molecule has 2 aliphatic carbocycles. The van der Waals surface area contributed by atoms with Crippen LogP contribution < -0.4 is 5.32 Å². The van der Waals surface area contributed by atoms with E-state index in [1.165, 1.54) is 6.42 Å². The van der Waals surface area contributed by atoms with Crippen LogP contribution in [0.2, 0.25) is 0 Å². The average molecular weight is 278 g/mol. The Morgan fingerprint density at radius 2 is 2.10 bits per heavy atom. The lowest BCUT2D eigenvalue weighted by molar-refractivity contribution is 0.0890. The Bertz CT molecular complexity index is 467. The maximum Gasteiger partial charge on any atom is 0.273 e. The van der Waals surface area contributed by atoms with Crippen LogP contribution in [0.4, 0.5) is 0 Å². The highest BCUT2D eigenvalue weighted by molar-refractivity contribution is 5.92. The summed E-state index contributed by atoms with van der Waals surface area (Å²) in [6, 6.07) is 1.81. The van der Waals surface area contributed by atoms with E-state index in [2.05, 4.69) is 10.5 Å². The molecule has 1 aromatic heterocycles. The molecule has 5 heteroatoms. The van der Waals surface area contributed by atoms with Crippen LogP contribution in [0.1, 0.15) is 67.1 Å². The van der Waals surface area contributed by atoms with Crippen LogP contribution in [0.25, 0.3) is 0 Å². The number of aromatic nitrogens is 1. The van der Waals surface area contributed by atoms with Crippen molar-refractivity contribution in [3.05, 3.63) is 17.5 Å². The minimum atomic E-state index is -0.175. The Labute approximate surface area is 118 Å². The maximum absolute atomic E-state index is 12.2. The van der Waals surface area contributed by atoms with Gasteiger partial charge < -0.3 is 14.9 Å². The number of hydrogen-bond donors (Lipinski definition) is 2. The molecule has 0 unspecified atom stereocenters. The molecule has 2 aliphatic rings. The summed E-state index contributed by atoms with van der Waals surface area (Å²) in [5, 5.41) is 16.4. The second kappa shape index (κ2) is 5.95. The number of amides is 1.